The van der Waals surface area contributed by atoms with Crippen molar-refractivity contribution >= 4 is 0 Å². The van der Waals surface area contributed by atoms with Crippen molar-refractivity contribution in [3.63, 3.8) is 0 Å². The minimum atomic E-state index is -2.59. The minimum absolute atomic E-state index is 0.231. The van der Waals surface area contributed by atoms with Crippen LogP contribution in [0, 0.1) is 12.7 Å². The fraction of sp³-hybridized carbons (Fsp3) is 0.571. The van der Waals surface area contributed by atoms with Crippen molar-refractivity contribution in [2.75, 3.05) is 0 Å². The number of hydrogen-bond acceptors (Lipinski definition) is 0. The molecular formula is C14H25F3. The van der Waals surface area contributed by atoms with Crippen molar-refractivity contribution in [1.82, 2.24) is 0 Å². The molecule has 1 aromatic carbocycles. The molecule has 0 nitrogen and oxygen atoms in total. The molecule has 3 heteroatoms. The zero-order chi connectivity index (χ0) is 14.4. The summed E-state index contributed by atoms with van der Waals surface area (Å²) in [5, 5.41) is 0. The van der Waals surface area contributed by atoms with Gasteiger partial charge in [-0.3, -0.25) is 0 Å². The Labute approximate surface area is 104 Å². The molecule has 0 saturated carbocycles. The van der Waals surface area contributed by atoms with Gasteiger partial charge in [-0.05, 0) is 24.6 Å². The van der Waals surface area contributed by atoms with Gasteiger partial charge in [0.05, 0.1) is 0 Å². The van der Waals surface area contributed by atoms with Crippen LogP contribution in [0.4, 0.5) is 13.2 Å². The molecule has 0 atom stereocenters. The molecule has 17 heavy (non-hydrogen) atoms. The van der Waals surface area contributed by atoms with E-state index in [0.717, 1.165) is 6.07 Å². The van der Waals surface area contributed by atoms with Gasteiger partial charge >= 0.3 is 0 Å². The summed E-state index contributed by atoms with van der Waals surface area (Å²) in [5.74, 6) is -0.620. The lowest BCUT2D eigenvalue weighted by Gasteiger charge is -2.02. The van der Waals surface area contributed by atoms with Gasteiger partial charge in [0.2, 0.25) is 0 Å². The minimum Gasteiger partial charge on any atom is -0.207 e. The second-order valence-electron chi connectivity index (χ2n) is 2.30. The molecule has 0 N–H and O–H groups in total. The van der Waals surface area contributed by atoms with Crippen LogP contribution in [0.1, 0.15) is 59.1 Å². The van der Waals surface area contributed by atoms with Gasteiger partial charge in [0, 0.05) is 5.56 Å². The molecule has 0 heterocycles. The summed E-state index contributed by atoms with van der Waals surface area (Å²) in [6.07, 6.45) is -2.59. The van der Waals surface area contributed by atoms with Gasteiger partial charge in [-0.25, -0.2) is 13.2 Å². The molecule has 0 unspecified atom stereocenters. The quantitative estimate of drug-likeness (QED) is 0.560. The van der Waals surface area contributed by atoms with Crippen molar-refractivity contribution in [1.29, 1.82) is 0 Å². The lowest BCUT2D eigenvalue weighted by Crippen LogP contribution is -1.90. The second-order valence-corrected chi connectivity index (χ2v) is 2.30. The van der Waals surface area contributed by atoms with Crippen molar-refractivity contribution < 1.29 is 13.2 Å². The molecule has 0 aliphatic carbocycles. The fourth-order valence-corrected chi connectivity index (χ4v) is 0.846. The predicted octanol–water partition coefficient (Wildman–Crippen LogP) is 6.15. The predicted molar refractivity (Wildman–Crippen MR) is 70.1 cm³/mol. The van der Waals surface area contributed by atoms with Crippen molar-refractivity contribution in [3.05, 3.63) is 35.1 Å². The normalized spacial score (nSPS) is 7.94. The van der Waals surface area contributed by atoms with E-state index in [0.29, 0.717) is 5.56 Å². The van der Waals surface area contributed by atoms with Crippen molar-refractivity contribution in [2.45, 2.75) is 54.9 Å². The molecule has 0 aliphatic heterocycles. The fourth-order valence-electron chi connectivity index (χ4n) is 0.846. The van der Waals surface area contributed by atoms with E-state index in [-0.39, 0.29) is 5.56 Å². The SMILES string of the molecule is CC.CC.CC.Cc1ccc(F)cc1C(F)F. The first kappa shape index (κ1) is 21.3. The Morgan fingerprint density at radius 2 is 1.29 bits per heavy atom. The van der Waals surface area contributed by atoms with E-state index < -0.39 is 12.2 Å². The van der Waals surface area contributed by atoms with Crippen LogP contribution in [0.5, 0.6) is 0 Å². The van der Waals surface area contributed by atoms with Crippen LogP contribution < -0.4 is 0 Å². The van der Waals surface area contributed by atoms with Crippen LogP contribution in [0.2, 0.25) is 0 Å². The number of alkyl halides is 2. The van der Waals surface area contributed by atoms with E-state index in [2.05, 4.69) is 0 Å². The molecule has 0 radical (unpaired) electrons. The number of benzene rings is 1. The third-order valence-electron chi connectivity index (χ3n) is 1.48. The highest BCUT2D eigenvalue weighted by Crippen LogP contribution is 2.22. The average Bonchev–Trinajstić information content (AvgIpc) is 2.39. The molecule has 0 saturated heterocycles. The van der Waals surface area contributed by atoms with Gasteiger partial charge in [-0.1, -0.05) is 47.6 Å². The Bertz CT molecular complexity index is 258. The summed E-state index contributed by atoms with van der Waals surface area (Å²) in [5.41, 5.74) is 0.186. The van der Waals surface area contributed by atoms with Gasteiger partial charge in [-0.2, -0.15) is 0 Å². The molecule has 0 amide bonds. The molecule has 102 valence electrons. The standard InChI is InChI=1S/C8H7F3.3C2H6/c1-5-2-3-6(9)4-7(5)8(10)11;3*1-2/h2-4,8H,1H3;3*1-2H3. The zero-order valence-electron chi connectivity index (χ0n) is 11.9. The number of halogens is 3. The van der Waals surface area contributed by atoms with Gasteiger partial charge in [0.15, 0.2) is 0 Å². The van der Waals surface area contributed by atoms with Crippen molar-refractivity contribution in [3.8, 4) is 0 Å². The molecule has 0 fully saturated rings. The van der Waals surface area contributed by atoms with E-state index >= 15 is 0 Å². The highest BCUT2D eigenvalue weighted by atomic mass is 19.3. The maximum absolute atomic E-state index is 12.4. The molecule has 0 aromatic heterocycles. The van der Waals surface area contributed by atoms with Crippen LogP contribution in [0.15, 0.2) is 18.2 Å². The summed E-state index contributed by atoms with van der Waals surface area (Å²) < 4.78 is 36.5. The Morgan fingerprint density at radius 3 is 1.59 bits per heavy atom. The smallest absolute Gasteiger partial charge is 0.207 e. The Hall–Kier alpha value is -0.990. The Balaban J connectivity index is -0.000000285. The highest BCUT2D eigenvalue weighted by molar-refractivity contribution is 5.27. The van der Waals surface area contributed by atoms with Gasteiger partial charge in [-0.15, -0.1) is 0 Å². The number of hydrogen-bond donors (Lipinski definition) is 0. The monoisotopic (exact) mass is 250 g/mol. The van der Waals surface area contributed by atoms with Crippen LogP contribution in [0.25, 0.3) is 0 Å². The van der Waals surface area contributed by atoms with Gasteiger partial charge in [0.25, 0.3) is 6.43 Å². The number of aryl methyl sites for hydroxylation is 1. The van der Waals surface area contributed by atoms with Gasteiger partial charge < -0.3 is 0 Å². The van der Waals surface area contributed by atoms with E-state index in [4.69, 9.17) is 0 Å². The van der Waals surface area contributed by atoms with Crippen LogP contribution in [0.3, 0.4) is 0 Å². The maximum atomic E-state index is 12.4. The molecule has 1 rings (SSSR count). The first-order valence-electron chi connectivity index (χ1n) is 6.15. The lowest BCUT2D eigenvalue weighted by molar-refractivity contribution is 0.150. The molecule has 0 bridgehead atoms. The van der Waals surface area contributed by atoms with Crippen LogP contribution in [-0.4, -0.2) is 0 Å². The Kier molecular flexibility index (Phi) is 18.8. The summed E-state index contributed by atoms with van der Waals surface area (Å²) in [6.45, 7) is 13.5. The van der Waals surface area contributed by atoms with Gasteiger partial charge in [0.1, 0.15) is 5.82 Å². The summed E-state index contributed by atoms with van der Waals surface area (Å²) in [7, 11) is 0. The summed E-state index contributed by atoms with van der Waals surface area (Å²) in [6, 6.07) is 3.37. The summed E-state index contributed by atoms with van der Waals surface area (Å²) in [4.78, 5) is 0. The molecular weight excluding hydrogens is 225 g/mol. The second kappa shape index (κ2) is 15.0. The van der Waals surface area contributed by atoms with Crippen molar-refractivity contribution in [2.24, 2.45) is 0 Å². The largest absolute Gasteiger partial charge is 0.264 e. The van der Waals surface area contributed by atoms with E-state index in [1.165, 1.54) is 19.1 Å². The first-order chi connectivity index (χ1) is 8.11. The van der Waals surface area contributed by atoms with E-state index in [1.807, 2.05) is 41.5 Å². The topological polar surface area (TPSA) is 0 Å². The molecule has 0 spiro atoms. The highest BCUT2D eigenvalue weighted by Gasteiger charge is 2.10. The van der Waals surface area contributed by atoms with Crippen LogP contribution >= 0.6 is 0 Å². The third-order valence-corrected chi connectivity index (χ3v) is 1.48. The van der Waals surface area contributed by atoms with Crippen LogP contribution in [-0.2, 0) is 0 Å². The average molecular weight is 250 g/mol. The van der Waals surface area contributed by atoms with E-state index in [1.54, 1.807) is 0 Å². The third kappa shape index (κ3) is 9.91. The first-order valence-corrected chi connectivity index (χ1v) is 6.15. The van der Waals surface area contributed by atoms with E-state index in [9.17, 15) is 13.2 Å². The summed E-state index contributed by atoms with van der Waals surface area (Å²) >= 11 is 0. The molecule has 1 aromatic rings. The zero-order valence-corrected chi connectivity index (χ0v) is 11.9. The number of rotatable bonds is 1. The maximum Gasteiger partial charge on any atom is 0.264 e. The molecule has 0 aliphatic rings. The lowest BCUT2D eigenvalue weighted by atomic mass is 10.1. The Morgan fingerprint density at radius 1 is 0.882 bits per heavy atom.